The molecule has 22 heavy (non-hydrogen) atoms. The SMILES string of the molecule is CC=CC=CC(=O)N1CCn2cccc2C1c1ccccc1. The molecule has 1 aliphatic rings. The Morgan fingerprint density at radius 3 is 2.68 bits per heavy atom. The summed E-state index contributed by atoms with van der Waals surface area (Å²) in [6.45, 7) is 3.50. The zero-order chi connectivity index (χ0) is 15.4. The largest absolute Gasteiger partial charge is 0.348 e. The van der Waals surface area contributed by atoms with Crippen LogP contribution >= 0.6 is 0 Å². The van der Waals surface area contributed by atoms with Crippen LogP contribution in [-0.4, -0.2) is 21.9 Å². The number of carbonyl (C=O) groups excluding carboxylic acids is 1. The molecule has 1 aromatic heterocycles. The van der Waals surface area contributed by atoms with Gasteiger partial charge >= 0.3 is 0 Å². The van der Waals surface area contributed by atoms with Crippen molar-refractivity contribution in [3.8, 4) is 0 Å². The molecule has 112 valence electrons. The molecule has 0 radical (unpaired) electrons. The van der Waals surface area contributed by atoms with Crippen molar-refractivity contribution in [2.45, 2.75) is 19.5 Å². The number of carbonyl (C=O) groups is 1. The van der Waals surface area contributed by atoms with Crippen LogP contribution in [0.15, 0.2) is 73.0 Å². The number of allylic oxidation sites excluding steroid dienone is 3. The minimum atomic E-state index is -0.0206. The molecule has 3 nitrogen and oxygen atoms in total. The zero-order valence-electron chi connectivity index (χ0n) is 12.7. The summed E-state index contributed by atoms with van der Waals surface area (Å²) in [4.78, 5) is 14.5. The maximum atomic E-state index is 12.6. The van der Waals surface area contributed by atoms with Gasteiger partial charge in [-0.15, -0.1) is 0 Å². The van der Waals surface area contributed by atoms with Crippen molar-refractivity contribution < 1.29 is 4.79 Å². The van der Waals surface area contributed by atoms with E-state index >= 15 is 0 Å². The van der Waals surface area contributed by atoms with Crippen LogP contribution in [-0.2, 0) is 11.3 Å². The highest BCUT2D eigenvalue weighted by Gasteiger charge is 2.30. The number of hydrogen-bond donors (Lipinski definition) is 0. The van der Waals surface area contributed by atoms with Gasteiger partial charge in [0, 0.05) is 31.1 Å². The first-order valence-corrected chi connectivity index (χ1v) is 7.61. The van der Waals surface area contributed by atoms with E-state index in [1.807, 2.05) is 42.2 Å². The monoisotopic (exact) mass is 292 g/mol. The highest BCUT2D eigenvalue weighted by molar-refractivity contribution is 5.88. The van der Waals surface area contributed by atoms with Gasteiger partial charge < -0.3 is 9.47 Å². The predicted octanol–water partition coefficient (Wildman–Crippen LogP) is 3.55. The second-order valence-electron chi connectivity index (χ2n) is 5.36. The van der Waals surface area contributed by atoms with E-state index in [0.717, 1.165) is 18.7 Å². The van der Waals surface area contributed by atoms with Gasteiger partial charge in [-0.2, -0.15) is 0 Å². The van der Waals surface area contributed by atoms with Crippen LogP contribution in [0, 0.1) is 0 Å². The fourth-order valence-corrected chi connectivity index (χ4v) is 2.95. The molecule has 0 saturated carbocycles. The fraction of sp³-hybridized carbons (Fsp3) is 0.211. The number of benzene rings is 1. The van der Waals surface area contributed by atoms with Gasteiger partial charge in [0.25, 0.3) is 0 Å². The lowest BCUT2D eigenvalue weighted by atomic mass is 10.00. The fourth-order valence-electron chi connectivity index (χ4n) is 2.95. The summed E-state index contributed by atoms with van der Waals surface area (Å²) in [6.07, 6.45) is 9.33. The number of rotatable bonds is 3. The molecule has 0 bridgehead atoms. The predicted molar refractivity (Wildman–Crippen MR) is 88.4 cm³/mol. The lowest BCUT2D eigenvalue weighted by molar-refractivity contribution is -0.128. The summed E-state index contributed by atoms with van der Waals surface area (Å²) in [7, 11) is 0. The molecule has 1 unspecified atom stereocenters. The molecule has 1 amide bonds. The highest BCUT2D eigenvalue weighted by atomic mass is 16.2. The van der Waals surface area contributed by atoms with E-state index in [1.165, 1.54) is 5.69 Å². The topological polar surface area (TPSA) is 25.2 Å². The lowest BCUT2D eigenvalue weighted by Gasteiger charge is -2.36. The molecule has 3 heteroatoms. The Morgan fingerprint density at radius 2 is 1.91 bits per heavy atom. The number of nitrogens with zero attached hydrogens (tertiary/aromatic N) is 2. The third-order valence-corrected chi connectivity index (χ3v) is 3.98. The van der Waals surface area contributed by atoms with Gasteiger partial charge in [-0.3, -0.25) is 4.79 Å². The van der Waals surface area contributed by atoms with Crippen molar-refractivity contribution in [1.29, 1.82) is 0 Å². The van der Waals surface area contributed by atoms with Crippen LogP contribution in [0.5, 0.6) is 0 Å². The Bertz CT molecular complexity index is 697. The van der Waals surface area contributed by atoms with Crippen LogP contribution in [0.1, 0.15) is 24.2 Å². The minimum Gasteiger partial charge on any atom is -0.348 e. The molecule has 0 saturated heterocycles. The summed E-state index contributed by atoms with van der Waals surface area (Å²) >= 11 is 0. The normalized spacial score (nSPS) is 18.0. The Morgan fingerprint density at radius 1 is 1.09 bits per heavy atom. The van der Waals surface area contributed by atoms with Crippen molar-refractivity contribution in [1.82, 2.24) is 9.47 Å². The lowest BCUT2D eigenvalue weighted by Crippen LogP contribution is -2.41. The molecule has 2 heterocycles. The molecule has 1 aromatic carbocycles. The van der Waals surface area contributed by atoms with Crippen LogP contribution in [0.2, 0.25) is 0 Å². The molecular formula is C19H20N2O. The molecule has 0 aliphatic carbocycles. The highest BCUT2D eigenvalue weighted by Crippen LogP contribution is 2.32. The van der Waals surface area contributed by atoms with Crippen molar-refractivity contribution in [3.63, 3.8) is 0 Å². The third kappa shape index (κ3) is 2.75. The first kappa shape index (κ1) is 14.4. The third-order valence-electron chi connectivity index (χ3n) is 3.98. The van der Waals surface area contributed by atoms with E-state index in [4.69, 9.17) is 0 Å². The van der Waals surface area contributed by atoms with Crippen molar-refractivity contribution >= 4 is 5.91 Å². The molecule has 1 atom stereocenters. The van der Waals surface area contributed by atoms with Crippen LogP contribution < -0.4 is 0 Å². The summed E-state index contributed by atoms with van der Waals surface area (Å²) < 4.78 is 2.23. The molecule has 2 aromatic rings. The molecule has 1 aliphatic heterocycles. The Balaban J connectivity index is 1.97. The van der Waals surface area contributed by atoms with E-state index in [-0.39, 0.29) is 11.9 Å². The number of hydrogen-bond acceptors (Lipinski definition) is 1. The molecule has 0 N–H and O–H groups in total. The van der Waals surface area contributed by atoms with Crippen molar-refractivity contribution in [2.24, 2.45) is 0 Å². The average molecular weight is 292 g/mol. The van der Waals surface area contributed by atoms with Crippen LogP contribution in [0.25, 0.3) is 0 Å². The maximum Gasteiger partial charge on any atom is 0.247 e. The first-order valence-electron chi connectivity index (χ1n) is 7.61. The number of amides is 1. The Kier molecular flexibility index (Phi) is 4.24. The zero-order valence-corrected chi connectivity index (χ0v) is 12.7. The number of aromatic nitrogens is 1. The van der Waals surface area contributed by atoms with Crippen molar-refractivity contribution in [3.05, 3.63) is 84.2 Å². The first-order chi connectivity index (χ1) is 10.8. The van der Waals surface area contributed by atoms with Crippen LogP contribution in [0.4, 0.5) is 0 Å². The van der Waals surface area contributed by atoms with E-state index in [9.17, 15) is 4.79 Å². The Hall–Kier alpha value is -2.55. The van der Waals surface area contributed by atoms with Gasteiger partial charge in [0.15, 0.2) is 0 Å². The summed E-state index contributed by atoms with van der Waals surface area (Å²) in [5, 5.41) is 0. The van der Waals surface area contributed by atoms with Gasteiger partial charge in [0.05, 0.1) is 6.04 Å². The average Bonchev–Trinajstić information content (AvgIpc) is 3.03. The van der Waals surface area contributed by atoms with Crippen LogP contribution in [0.3, 0.4) is 0 Å². The maximum absolute atomic E-state index is 12.6. The molecule has 3 rings (SSSR count). The number of fused-ring (bicyclic) bond motifs is 1. The van der Waals surface area contributed by atoms with Gasteiger partial charge in [0.2, 0.25) is 5.91 Å². The Labute approximate surface area is 131 Å². The smallest absolute Gasteiger partial charge is 0.247 e. The second kappa shape index (κ2) is 6.48. The van der Waals surface area contributed by atoms with Crippen molar-refractivity contribution in [2.75, 3.05) is 6.54 Å². The quantitative estimate of drug-likeness (QED) is 0.627. The van der Waals surface area contributed by atoms with Gasteiger partial charge in [0.1, 0.15) is 0 Å². The van der Waals surface area contributed by atoms with E-state index in [1.54, 1.807) is 12.2 Å². The molecule has 0 fully saturated rings. The van der Waals surface area contributed by atoms with E-state index in [0.29, 0.717) is 0 Å². The second-order valence-corrected chi connectivity index (χ2v) is 5.36. The van der Waals surface area contributed by atoms with E-state index < -0.39 is 0 Å². The molecular weight excluding hydrogens is 272 g/mol. The minimum absolute atomic E-state index is 0.0206. The van der Waals surface area contributed by atoms with Gasteiger partial charge in [-0.1, -0.05) is 48.6 Å². The summed E-state index contributed by atoms with van der Waals surface area (Å²) in [6, 6.07) is 14.4. The van der Waals surface area contributed by atoms with Gasteiger partial charge in [-0.05, 0) is 24.6 Å². The molecule has 0 spiro atoms. The summed E-state index contributed by atoms with van der Waals surface area (Å²) in [5.74, 6) is 0.0550. The standard InChI is InChI=1S/C19H20N2O/c1-2-3-5-12-18(22)21-15-14-20-13-8-11-17(20)19(21)16-9-6-4-7-10-16/h2-13,19H,14-15H2,1H3. The van der Waals surface area contributed by atoms with Gasteiger partial charge in [-0.25, -0.2) is 0 Å². The van der Waals surface area contributed by atoms with E-state index in [2.05, 4.69) is 35.0 Å². The summed E-state index contributed by atoms with van der Waals surface area (Å²) in [5.41, 5.74) is 2.32.